The van der Waals surface area contributed by atoms with Crippen molar-refractivity contribution in [2.75, 3.05) is 44.6 Å². The van der Waals surface area contributed by atoms with E-state index >= 15 is 0 Å². The van der Waals surface area contributed by atoms with Gasteiger partial charge in [0.05, 0.1) is 11.9 Å². The maximum absolute atomic E-state index is 12.2. The fourth-order valence-electron chi connectivity index (χ4n) is 2.55. The second-order valence-electron chi connectivity index (χ2n) is 5.82. The molecule has 7 heteroatoms. The first-order chi connectivity index (χ1) is 10.2. The van der Waals surface area contributed by atoms with Gasteiger partial charge in [-0.1, -0.05) is 0 Å². The van der Waals surface area contributed by atoms with E-state index in [0.717, 1.165) is 51.5 Å². The summed E-state index contributed by atoms with van der Waals surface area (Å²) in [4.78, 5) is 14.6. The van der Waals surface area contributed by atoms with Gasteiger partial charge in [-0.25, -0.2) is 4.68 Å². The number of nitrogens with one attached hydrogen (secondary N) is 2. The highest BCUT2D eigenvalue weighted by Crippen LogP contribution is 2.30. The smallest absolute Gasteiger partial charge is 0.283 e. The molecule has 116 valence electrons. The SMILES string of the molecule is O=c1c(Br)c(NCCN2CCNCC2)cnn1CC1CC1. The molecule has 0 aromatic carbocycles. The van der Waals surface area contributed by atoms with Crippen LogP contribution in [0.1, 0.15) is 12.8 Å². The molecule has 2 heterocycles. The van der Waals surface area contributed by atoms with Crippen molar-refractivity contribution >= 4 is 21.6 Å². The monoisotopic (exact) mass is 355 g/mol. The molecule has 6 nitrogen and oxygen atoms in total. The van der Waals surface area contributed by atoms with Gasteiger partial charge in [0, 0.05) is 45.8 Å². The maximum atomic E-state index is 12.2. The van der Waals surface area contributed by atoms with Gasteiger partial charge in [-0.05, 0) is 34.7 Å². The van der Waals surface area contributed by atoms with Crippen molar-refractivity contribution in [1.82, 2.24) is 20.0 Å². The summed E-state index contributed by atoms with van der Waals surface area (Å²) in [6.45, 7) is 6.85. The van der Waals surface area contributed by atoms with Gasteiger partial charge in [0.25, 0.3) is 5.56 Å². The first kappa shape index (κ1) is 15.0. The fourth-order valence-corrected chi connectivity index (χ4v) is 2.99. The third-order valence-electron chi connectivity index (χ3n) is 4.07. The van der Waals surface area contributed by atoms with E-state index in [0.29, 0.717) is 10.4 Å². The average molecular weight is 356 g/mol. The molecule has 21 heavy (non-hydrogen) atoms. The van der Waals surface area contributed by atoms with Gasteiger partial charge in [0.15, 0.2) is 0 Å². The Balaban J connectivity index is 1.54. The molecule has 0 bridgehead atoms. The highest BCUT2D eigenvalue weighted by molar-refractivity contribution is 9.10. The Labute approximate surface area is 133 Å². The van der Waals surface area contributed by atoms with Crippen molar-refractivity contribution in [3.63, 3.8) is 0 Å². The lowest BCUT2D eigenvalue weighted by Gasteiger charge is -2.27. The Hall–Kier alpha value is -0.920. The summed E-state index contributed by atoms with van der Waals surface area (Å²) in [6, 6.07) is 0. The highest BCUT2D eigenvalue weighted by Gasteiger charge is 2.23. The molecule has 0 atom stereocenters. The highest BCUT2D eigenvalue weighted by atomic mass is 79.9. The average Bonchev–Trinajstić information content (AvgIpc) is 3.31. The number of aromatic nitrogens is 2. The number of hydrogen-bond acceptors (Lipinski definition) is 5. The largest absolute Gasteiger partial charge is 0.381 e. The summed E-state index contributed by atoms with van der Waals surface area (Å²) in [5.41, 5.74) is 0.760. The molecule has 3 rings (SSSR count). The molecule has 2 aliphatic rings. The fraction of sp³-hybridized carbons (Fsp3) is 0.714. The van der Waals surface area contributed by atoms with Crippen LogP contribution < -0.4 is 16.2 Å². The number of rotatable bonds is 6. The molecule has 0 spiro atoms. The summed E-state index contributed by atoms with van der Waals surface area (Å²) >= 11 is 3.41. The number of nitrogens with zero attached hydrogens (tertiary/aromatic N) is 3. The standard InChI is InChI=1S/C14H22BrN5O/c15-13-12(17-5-8-19-6-3-16-4-7-19)9-18-20(14(13)21)10-11-1-2-11/h9,11,16-17H,1-8,10H2. The first-order valence-electron chi connectivity index (χ1n) is 7.66. The minimum atomic E-state index is -0.0333. The molecular weight excluding hydrogens is 334 g/mol. The van der Waals surface area contributed by atoms with Crippen LogP contribution in [0.25, 0.3) is 0 Å². The van der Waals surface area contributed by atoms with E-state index in [-0.39, 0.29) is 5.56 Å². The van der Waals surface area contributed by atoms with Crippen molar-refractivity contribution in [2.45, 2.75) is 19.4 Å². The van der Waals surface area contributed by atoms with Gasteiger partial charge in [0.1, 0.15) is 4.47 Å². The van der Waals surface area contributed by atoms with Crippen molar-refractivity contribution in [3.05, 3.63) is 21.0 Å². The van der Waals surface area contributed by atoms with Crippen LogP contribution in [-0.4, -0.2) is 53.9 Å². The van der Waals surface area contributed by atoms with Gasteiger partial charge in [-0.2, -0.15) is 5.10 Å². The molecule has 1 saturated heterocycles. The lowest BCUT2D eigenvalue weighted by atomic mass is 10.3. The van der Waals surface area contributed by atoms with E-state index < -0.39 is 0 Å². The zero-order valence-electron chi connectivity index (χ0n) is 12.1. The van der Waals surface area contributed by atoms with Gasteiger partial charge >= 0.3 is 0 Å². The molecule has 1 aromatic heterocycles. The molecule has 0 amide bonds. The number of halogens is 1. The van der Waals surface area contributed by atoms with Crippen molar-refractivity contribution in [2.24, 2.45) is 5.92 Å². The normalized spacial score (nSPS) is 19.7. The van der Waals surface area contributed by atoms with Crippen LogP contribution >= 0.6 is 15.9 Å². The van der Waals surface area contributed by atoms with Crippen LogP contribution in [-0.2, 0) is 6.54 Å². The summed E-state index contributed by atoms with van der Waals surface area (Å²) in [6.07, 6.45) is 4.19. The zero-order chi connectivity index (χ0) is 14.7. The number of piperazine rings is 1. The van der Waals surface area contributed by atoms with Crippen molar-refractivity contribution in [3.8, 4) is 0 Å². The number of hydrogen-bond donors (Lipinski definition) is 2. The summed E-state index contributed by atoms with van der Waals surface area (Å²) in [7, 11) is 0. The molecule has 0 radical (unpaired) electrons. The minimum absolute atomic E-state index is 0.0333. The van der Waals surface area contributed by atoms with Gasteiger partial charge in [-0.15, -0.1) is 0 Å². The molecule has 1 saturated carbocycles. The van der Waals surface area contributed by atoms with Crippen molar-refractivity contribution in [1.29, 1.82) is 0 Å². The Morgan fingerprint density at radius 3 is 2.86 bits per heavy atom. The Morgan fingerprint density at radius 1 is 1.38 bits per heavy atom. The van der Waals surface area contributed by atoms with Crippen LogP contribution in [0, 0.1) is 5.92 Å². The second kappa shape index (κ2) is 6.89. The summed E-state index contributed by atoms with van der Waals surface area (Å²) in [5, 5.41) is 10.9. The summed E-state index contributed by atoms with van der Waals surface area (Å²) < 4.78 is 2.17. The van der Waals surface area contributed by atoms with Crippen LogP contribution in [0.4, 0.5) is 5.69 Å². The number of anilines is 1. The van der Waals surface area contributed by atoms with Crippen LogP contribution in [0.2, 0.25) is 0 Å². The van der Waals surface area contributed by atoms with Gasteiger partial charge in [0.2, 0.25) is 0 Å². The molecular formula is C14H22BrN5O. The Bertz CT molecular complexity index is 537. The van der Waals surface area contributed by atoms with Crippen LogP contribution in [0.5, 0.6) is 0 Å². The Morgan fingerprint density at radius 2 is 2.14 bits per heavy atom. The molecule has 2 N–H and O–H groups in total. The molecule has 0 unspecified atom stereocenters. The third kappa shape index (κ3) is 4.05. The van der Waals surface area contributed by atoms with Crippen LogP contribution in [0.15, 0.2) is 15.5 Å². The van der Waals surface area contributed by atoms with Gasteiger partial charge in [-0.3, -0.25) is 9.69 Å². The molecule has 2 fully saturated rings. The van der Waals surface area contributed by atoms with Crippen molar-refractivity contribution < 1.29 is 0 Å². The van der Waals surface area contributed by atoms with E-state index in [4.69, 9.17) is 0 Å². The van der Waals surface area contributed by atoms with E-state index in [1.165, 1.54) is 12.8 Å². The molecule has 1 aliphatic carbocycles. The first-order valence-corrected chi connectivity index (χ1v) is 8.46. The van der Waals surface area contributed by atoms with E-state index in [1.54, 1.807) is 10.9 Å². The summed E-state index contributed by atoms with van der Waals surface area (Å²) in [5.74, 6) is 0.647. The predicted molar refractivity (Wildman–Crippen MR) is 86.7 cm³/mol. The lowest BCUT2D eigenvalue weighted by molar-refractivity contribution is 0.249. The molecule has 1 aromatic rings. The predicted octanol–water partition coefficient (Wildman–Crippen LogP) is 0.733. The minimum Gasteiger partial charge on any atom is -0.381 e. The van der Waals surface area contributed by atoms with E-state index in [1.807, 2.05) is 0 Å². The molecule has 1 aliphatic heterocycles. The Kier molecular flexibility index (Phi) is 4.92. The second-order valence-corrected chi connectivity index (χ2v) is 6.61. The van der Waals surface area contributed by atoms with E-state index in [9.17, 15) is 4.79 Å². The van der Waals surface area contributed by atoms with Gasteiger partial charge < -0.3 is 10.6 Å². The third-order valence-corrected chi connectivity index (χ3v) is 4.83. The van der Waals surface area contributed by atoms with Crippen LogP contribution in [0.3, 0.4) is 0 Å². The zero-order valence-corrected chi connectivity index (χ0v) is 13.7. The quantitative estimate of drug-likeness (QED) is 0.787. The lowest BCUT2D eigenvalue weighted by Crippen LogP contribution is -2.45. The maximum Gasteiger partial charge on any atom is 0.283 e. The van der Waals surface area contributed by atoms with E-state index in [2.05, 4.69) is 36.6 Å². The topological polar surface area (TPSA) is 62.2 Å².